The molecule has 2 fully saturated rings. The van der Waals surface area contributed by atoms with Crippen LogP contribution in [0.25, 0.3) is 0 Å². The lowest BCUT2D eigenvalue weighted by Crippen LogP contribution is -2.50. The number of hydrogen-bond acceptors (Lipinski definition) is 3. The molecule has 2 saturated heterocycles. The van der Waals surface area contributed by atoms with Gasteiger partial charge < -0.3 is 5.32 Å². The zero-order chi connectivity index (χ0) is 7.90. The van der Waals surface area contributed by atoms with Crippen LogP contribution in [0, 0.1) is 0 Å². The number of rotatable bonds is 0. The Hall–Kier alpha value is -0.170. The van der Waals surface area contributed by atoms with E-state index in [-0.39, 0.29) is 6.04 Å². The number of piperazine rings is 1. The van der Waals surface area contributed by atoms with Crippen LogP contribution in [-0.2, 0) is 10.2 Å². The molecule has 64 valence electrons. The Labute approximate surface area is 65.9 Å². The summed E-state index contributed by atoms with van der Waals surface area (Å²) in [6, 6.07) is 0.133. The molecular formula is C5H11N3O2S. The molecule has 0 aromatic rings. The van der Waals surface area contributed by atoms with Gasteiger partial charge in [0.05, 0.1) is 6.04 Å². The molecule has 11 heavy (non-hydrogen) atoms. The molecule has 0 spiro atoms. The van der Waals surface area contributed by atoms with Crippen LogP contribution < -0.4 is 10.0 Å². The van der Waals surface area contributed by atoms with Crippen LogP contribution in [0.3, 0.4) is 0 Å². The molecule has 6 heteroatoms. The van der Waals surface area contributed by atoms with E-state index < -0.39 is 10.2 Å². The zero-order valence-electron chi connectivity index (χ0n) is 6.08. The van der Waals surface area contributed by atoms with E-state index in [1.165, 1.54) is 4.31 Å². The fourth-order valence-electron chi connectivity index (χ4n) is 1.52. The monoisotopic (exact) mass is 177 g/mol. The Kier molecular flexibility index (Phi) is 1.64. The highest BCUT2D eigenvalue weighted by molar-refractivity contribution is 7.87. The van der Waals surface area contributed by atoms with E-state index in [4.69, 9.17) is 0 Å². The maximum atomic E-state index is 11.2. The first kappa shape index (κ1) is 7.48. The Morgan fingerprint density at radius 3 is 2.91 bits per heavy atom. The van der Waals surface area contributed by atoms with Crippen LogP contribution in [0.2, 0.25) is 0 Å². The molecule has 0 aromatic heterocycles. The topological polar surface area (TPSA) is 61.4 Å². The van der Waals surface area contributed by atoms with Crippen molar-refractivity contribution >= 4 is 10.2 Å². The van der Waals surface area contributed by atoms with Crippen LogP contribution in [0.1, 0.15) is 0 Å². The number of nitrogens with one attached hydrogen (secondary N) is 2. The average Bonchev–Trinajstić information content (AvgIpc) is 2.29. The molecule has 0 radical (unpaired) electrons. The van der Waals surface area contributed by atoms with Crippen LogP contribution in [0.5, 0.6) is 0 Å². The van der Waals surface area contributed by atoms with Gasteiger partial charge in [-0.05, 0) is 0 Å². The molecule has 0 aliphatic carbocycles. The number of nitrogens with zero attached hydrogens (tertiary/aromatic N) is 1. The summed E-state index contributed by atoms with van der Waals surface area (Å²) in [5.41, 5.74) is 0. The molecule has 2 N–H and O–H groups in total. The van der Waals surface area contributed by atoms with Crippen molar-refractivity contribution in [2.45, 2.75) is 6.04 Å². The molecule has 2 heterocycles. The molecule has 2 rings (SSSR count). The van der Waals surface area contributed by atoms with Crippen molar-refractivity contribution in [1.82, 2.24) is 14.3 Å². The van der Waals surface area contributed by atoms with Crippen molar-refractivity contribution < 1.29 is 8.42 Å². The first-order chi connectivity index (χ1) is 5.20. The van der Waals surface area contributed by atoms with E-state index in [1.807, 2.05) is 0 Å². The molecule has 0 bridgehead atoms. The van der Waals surface area contributed by atoms with E-state index in [1.54, 1.807) is 0 Å². The van der Waals surface area contributed by atoms with E-state index in [2.05, 4.69) is 10.0 Å². The average molecular weight is 177 g/mol. The lowest BCUT2D eigenvalue weighted by Gasteiger charge is -2.26. The first-order valence-electron chi connectivity index (χ1n) is 3.67. The maximum Gasteiger partial charge on any atom is 0.279 e. The molecule has 0 aromatic carbocycles. The van der Waals surface area contributed by atoms with Gasteiger partial charge in [-0.15, -0.1) is 0 Å². The third-order valence-electron chi connectivity index (χ3n) is 2.11. The second-order valence-electron chi connectivity index (χ2n) is 2.82. The van der Waals surface area contributed by atoms with Gasteiger partial charge in [0.1, 0.15) is 0 Å². The van der Waals surface area contributed by atoms with Gasteiger partial charge in [-0.2, -0.15) is 12.7 Å². The van der Waals surface area contributed by atoms with Gasteiger partial charge in [-0.3, -0.25) is 0 Å². The number of fused-ring (bicyclic) bond motifs is 1. The second-order valence-corrected chi connectivity index (χ2v) is 4.53. The Morgan fingerprint density at radius 1 is 1.36 bits per heavy atom. The standard InChI is InChI=1S/C5H11N3O2S/c9-11(10)7-4-5-3-6-1-2-8(5)11/h5-7H,1-4H2/t5-/m0/s1. The molecule has 2 aliphatic heterocycles. The smallest absolute Gasteiger partial charge is 0.279 e. The minimum absolute atomic E-state index is 0.133. The lowest BCUT2D eigenvalue weighted by molar-refractivity contribution is 0.297. The SMILES string of the molecule is O=S1(=O)NC[C@@H]2CNCCN21. The van der Waals surface area contributed by atoms with Crippen molar-refractivity contribution in [3.63, 3.8) is 0 Å². The fraction of sp³-hybridized carbons (Fsp3) is 1.00. The van der Waals surface area contributed by atoms with Crippen molar-refractivity contribution in [3.8, 4) is 0 Å². The predicted octanol–water partition coefficient (Wildman–Crippen LogP) is -1.89. The first-order valence-corrected chi connectivity index (χ1v) is 5.11. The molecule has 0 unspecified atom stereocenters. The van der Waals surface area contributed by atoms with Crippen LogP contribution in [-0.4, -0.2) is 44.9 Å². The largest absolute Gasteiger partial charge is 0.314 e. The highest BCUT2D eigenvalue weighted by Crippen LogP contribution is 2.13. The van der Waals surface area contributed by atoms with E-state index in [9.17, 15) is 8.42 Å². The highest BCUT2D eigenvalue weighted by Gasteiger charge is 2.37. The van der Waals surface area contributed by atoms with Crippen molar-refractivity contribution in [2.75, 3.05) is 26.2 Å². The summed E-state index contributed by atoms with van der Waals surface area (Å²) in [4.78, 5) is 0. The van der Waals surface area contributed by atoms with Gasteiger partial charge in [-0.25, -0.2) is 4.72 Å². The quantitative estimate of drug-likeness (QED) is 0.455. The summed E-state index contributed by atoms with van der Waals surface area (Å²) in [7, 11) is -3.10. The molecule has 0 saturated carbocycles. The van der Waals surface area contributed by atoms with Gasteiger partial charge in [-0.1, -0.05) is 0 Å². The van der Waals surface area contributed by atoms with Gasteiger partial charge in [0.15, 0.2) is 0 Å². The summed E-state index contributed by atoms with van der Waals surface area (Å²) in [5, 5.41) is 3.15. The highest BCUT2D eigenvalue weighted by atomic mass is 32.2. The minimum atomic E-state index is -3.10. The van der Waals surface area contributed by atoms with Gasteiger partial charge in [0, 0.05) is 26.2 Å². The Bertz CT molecular complexity index is 250. The Morgan fingerprint density at radius 2 is 2.18 bits per heavy atom. The van der Waals surface area contributed by atoms with Gasteiger partial charge in [0.2, 0.25) is 0 Å². The van der Waals surface area contributed by atoms with Crippen molar-refractivity contribution in [2.24, 2.45) is 0 Å². The number of hydrogen-bond donors (Lipinski definition) is 2. The summed E-state index contributed by atoms with van der Waals surface area (Å²) in [5.74, 6) is 0. The maximum absolute atomic E-state index is 11.2. The lowest BCUT2D eigenvalue weighted by atomic mass is 10.2. The van der Waals surface area contributed by atoms with E-state index in [0.29, 0.717) is 13.1 Å². The molecular weight excluding hydrogens is 166 g/mol. The summed E-state index contributed by atoms with van der Waals surface area (Å²) < 4.78 is 26.4. The predicted molar refractivity (Wildman–Crippen MR) is 40.3 cm³/mol. The molecule has 0 amide bonds. The van der Waals surface area contributed by atoms with E-state index in [0.717, 1.165) is 13.1 Å². The second kappa shape index (κ2) is 2.41. The third-order valence-corrected chi connectivity index (χ3v) is 3.74. The Balaban J connectivity index is 2.23. The summed E-state index contributed by atoms with van der Waals surface area (Å²) in [6.07, 6.45) is 0. The molecule has 1 atom stereocenters. The van der Waals surface area contributed by atoms with Crippen LogP contribution in [0.4, 0.5) is 0 Å². The van der Waals surface area contributed by atoms with Crippen LogP contribution >= 0.6 is 0 Å². The normalized spacial score (nSPS) is 36.9. The van der Waals surface area contributed by atoms with Crippen molar-refractivity contribution in [1.29, 1.82) is 0 Å². The molecule has 5 nitrogen and oxygen atoms in total. The summed E-state index contributed by atoms with van der Waals surface area (Å²) >= 11 is 0. The minimum Gasteiger partial charge on any atom is -0.314 e. The van der Waals surface area contributed by atoms with Crippen molar-refractivity contribution in [3.05, 3.63) is 0 Å². The van der Waals surface area contributed by atoms with Gasteiger partial charge >= 0.3 is 0 Å². The third kappa shape index (κ3) is 1.16. The molecule has 2 aliphatic rings. The summed E-state index contributed by atoms with van der Waals surface area (Å²) in [6.45, 7) is 2.68. The van der Waals surface area contributed by atoms with Crippen LogP contribution in [0.15, 0.2) is 0 Å². The van der Waals surface area contributed by atoms with Gasteiger partial charge in [0.25, 0.3) is 10.2 Å². The van der Waals surface area contributed by atoms with E-state index >= 15 is 0 Å². The zero-order valence-corrected chi connectivity index (χ0v) is 6.89. The fourth-order valence-corrected chi connectivity index (χ4v) is 2.96.